The minimum Gasteiger partial charge on any atom is -0.504 e. The van der Waals surface area contributed by atoms with E-state index in [4.69, 9.17) is 5.73 Å². The van der Waals surface area contributed by atoms with E-state index in [1.165, 1.54) is 6.07 Å². The predicted octanol–water partition coefficient (Wildman–Crippen LogP) is 1.44. The molecular weight excluding hydrogens is 464 g/mol. The summed E-state index contributed by atoms with van der Waals surface area (Å²) in [5.41, 5.74) is 9.53. The average Bonchev–Trinajstić information content (AvgIpc) is 2.88. The number of hydrogen-bond acceptors (Lipinski definition) is 11. The molecule has 11 heteroatoms. The van der Waals surface area contributed by atoms with Gasteiger partial charge < -0.3 is 51.7 Å². The molecule has 9 N–H and O–H groups in total. The molecular formula is C25H34N6O5. The third kappa shape index (κ3) is 7.12. The number of pyridine rings is 1. The molecule has 11 nitrogen and oxygen atoms in total. The van der Waals surface area contributed by atoms with Crippen molar-refractivity contribution in [3.8, 4) is 5.75 Å². The van der Waals surface area contributed by atoms with Crippen LogP contribution in [0.3, 0.4) is 0 Å². The van der Waals surface area contributed by atoms with E-state index in [0.717, 1.165) is 22.7 Å². The number of anilines is 7. The van der Waals surface area contributed by atoms with Crippen molar-refractivity contribution in [2.45, 2.75) is 0 Å². The summed E-state index contributed by atoms with van der Waals surface area (Å²) in [5.74, 6) is 0.235. The molecule has 0 amide bonds. The Bertz CT molecular complexity index is 983. The van der Waals surface area contributed by atoms with Crippen LogP contribution in [0.15, 0.2) is 54.6 Å². The van der Waals surface area contributed by atoms with Gasteiger partial charge in [-0.1, -0.05) is 0 Å². The van der Waals surface area contributed by atoms with E-state index in [2.05, 4.69) is 15.6 Å². The lowest BCUT2D eigenvalue weighted by Gasteiger charge is -2.23. The molecule has 3 rings (SSSR count). The maximum absolute atomic E-state index is 10.1. The Morgan fingerprint density at radius 2 is 1.08 bits per heavy atom. The molecule has 36 heavy (non-hydrogen) atoms. The lowest BCUT2D eigenvalue weighted by Crippen LogP contribution is -2.29. The second kappa shape index (κ2) is 13.4. The summed E-state index contributed by atoms with van der Waals surface area (Å²) in [6.07, 6.45) is 0. The highest BCUT2D eigenvalue weighted by atomic mass is 16.3. The van der Waals surface area contributed by atoms with Gasteiger partial charge in [-0.25, -0.2) is 4.98 Å². The van der Waals surface area contributed by atoms with Gasteiger partial charge in [-0.05, 0) is 48.5 Å². The lowest BCUT2D eigenvalue weighted by molar-refractivity contribution is 0.280. The fourth-order valence-corrected chi connectivity index (χ4v) is 3.73. The van der Waals surface area contributed by atoms with Gasteiger partial charge in [-0.2, -0.15) is 0 Å². The van der Waals surface area contributed by atoms with Gasteiger partial charge in [0.25, 0.3) is 0 Å². The van der Waals surface area contributed by atoms with Crippen LogP contribution in [0.1, 0.15) is 0 Å². The number of nitrogens with one attached hydrogen (secondary N) is 2. The molecule has 0 unspecified atom stereocenters. The first-order chi connectivity index (χ1) is 17.5. The second-order valence-electron chi connectivity index (χ2n) is 8.00. The highest BCUT2D eigenvalue weighted by Gasteiger charge is 2.12. The molecule has 2 aromatic carbocycles. The van der Waals surface area contributed by atoms with E-state index < -0.39 is 0 Å². The number of benzene rings is 2. The quantitative estimate of drug-likeness (QED) is 0.162. The molecule has 0 radical (unpaired) electrons. The Kier molecular flexibility index (Phi) is 9.95. The summed E-state index contributed by atoms with van der Waals surface area (Å²) in [6, 6.07) is 16.3. The first-order valence-electron chi connectivity index (χ1n) is 11.7. The minimum absolute atomic E-state index is 0.0178. The smallest absolute Gasteiger partial charge is 0.168 e. The van der Waals surface area contributed by atoms with Crippen molar-refractivity contribution in [2.75, 3.05) is 78.8 Å². The Morgan fingerprint density at radius 3 is 1.50 bits per heavy atom. The first-order valence-corrected chi connectivity index (χ1v) is 11.7. The molecule has 0 aliphatic carbocycles. The normalized spacial score (nSPS) is 10.8. The van der Waals surface area contributed by atoms with E-state index in [-0.39, 0.29) is 38.0 Å². The topological polar surface area (TPSA) is 171 Å². The van der Waals surface area contributed by atoms with Gasteiger partial charge in [0.1, 0.15) is 0 Å². The summed E-state index contributed by atoms with van der Waals surface area (Å²) in [7, 11) is 0. The van der Waals surface area contributed by atoms with Crippen LogP contribution in [-0.2, 0) is 0 Å². The number of aromatic nitrogens is 1. The van der Waals surface area contributed by atoms with E-state index in [1.807, 2.05) is 58.3 Å². The largest absolute Gasteiger partial charge is 0.504 e. The number of nitrogen functional groups attached to an aromatic ring is 1. The van der Waals surface area contributed by atoms with Crippen LogP contribution in [0, 0.1) is 0 Å². The molecule has 0 bridgehead atoms. The summed E-state index contributed by atoms with van der Waals surface area (Å²) in [4.78, 5) is 8.04. The van der Waals surface area contributed by atoms with Gasteiger partial charge in [-0.3, -0.25) is 0 Å². The molecule has 0 spiro atoms. The zero-order chi connectivity index (χ0) is 25.9. The van der Waals surface area contributed by atoms with E-state index in [1.54, 1.807) is 0 Å². The van der Waals surface area contributed by atoms with Crippen LogP contribution in [-0.4, -0.2) is 83.1 Å². The second-order valence-corrected chi connectivity index (χ2v) is 8.00. The number of hydrogen-bond donors (Lipinski definition) is 8. The number of aliphatic hydroxyl groups excluding tert-OH is 4. The van der Waals surface area contributed by atoms with Crippen molar-refractivity contribution in [3.63, 3.8) is 0 Å². The zero-order valence-electron chi connectivity index (χ0n) is 20.0. The standard InChI is InChI=1S/C25H34N6O5/c26-24-23(36)17-22(27-18-1-5-20(6-2-18)30(9-13-32)10-14-33)25(29-24)28-19-3-7-21(8-4-19)31(11-15-34)12-16-35/h1-8,17,27,32-36H,9-16H2,(H3,26,28,29). The van der Waals surface area contributed by atoms with Crippen LogP contribution in [0.25, 0.3) is 0 Å². The van der Waals surface area contributed by atoms with Crippen molar-refractivity contribution >= 4 is 40.1 Å². The Morgan fingerprint density at radius 1 is 0.667 bits per heavy atom. The first kappa shape index (κ1) is 26.8. The molecule has 0 saturated heterocycles. The summed E-state index contributed by atoms with van der Waals surface area (Å²) in [6.45, 7) is 1.56. The Labute approximate surface area is 210 Å². The van der Waals surface area contributed by atoms with Crippen molar-refractivity contribution < 1.29 is 25.5 Å². The molecule has 194 valence electrons. The number of rotatable bonds is 14. The molecule has 0 aliphatic rings. The molecule has 0 saturated carbocycles. The highest BCUT2D eigenvalue weighted by Crippen LogP contribution is 2.33. The van der Waals surface area contributed by atoms with Gasteiger partial charge in [-0.15, -0.1) is 0 Å². The number of nitrogens with zero attached hydrogens (tertiary/aromatic N) is 3. The Balaban J connectivity index is 1.79. The number of nitrogens with two attached hydrogens (primary N) is 1. The lowest BCUT2D eigenvalue weighted by atomic mass is 10.2. The van der Waals surface area contributed by atoms with Crippen LogP contribution in [0.4, 0.5) is 40.1 Å². The fraction of sp³-hybridized carbons (Fsp3) is 0.320. The monoisotopic (exact) mass is 498 g/mol. The molecule has 0 atom stereocenters. The van der Waals surface area contributed by atoms with E-state index in [0.29, 0.717) is 37.7 Å². The van der Waals surface area contributed by atoms with Crippen molar-refractivity contribution in [2.24, 2.45) is 0 Å². The summed E-state index contributed by atoms with van der Waals surface area (Å²) >= 11 is 0. The van der Waals surface area contributed by atoms with Gasteiger partial charge in [0.2, 0.25) is 0 Å². The van der Waals surface area contributed by atoms with Crippen LogP contribution < -0.4 is 26.2 Å². The highest BCUT2D eigenvalue weighted by molar-refractivity contribution is 5.79. The summed E-state index contributed by atoms with van der Waals surface area (Å²) in [5, 5.41) is 53.6. The van der Waals surface area contributed by atoms with Crippen molar-refractivity contribution in [3.05, 3.63) is 54.6 Å². The minimum atomic E-state index is -0.157. The zero-order valence-corrected chi connectivity index (χ0v) is 20.0. The van der Waals surface area contributed by atoms with Crippen LogP contribution in [0.2, 0.25) is 0 Å². The third-order valence-electron chi connectivity index (χ3n) is 5.52. The van der Waals surface area contributed by atoms with Crippen LogP contribution in [0.5, 0.6) is 5.75 Å². The van der Waals surface area contributed by atoms with Gasteiger partial charge in [0.15, 0.2) is 17.4 Å². The molecule has 3 aromatic rings. The van der Waals surface area contributed by atoms with E-state index >= 15 is 0 Å². The van der Waals surface area contributed by atoms with Crippen LogP contribution >= 0.6 is 0 Å². The summed E-state index contributed by atoms with van der Waals surface area (Å²) < 4.78 is 0. The average molecular weight is 499 g/mol. The SMILES string of the molecule is Nc1nc(Nc2ccc(N(CCO)CCO)cc2)c(Nc2ccc(N(CCO)CCO)cc2)cc1O. The van der Waals surface area contributed by atoms with Crippen molar-refractivity contribution in [1.29, 1.82) is 0 Å². The molecule has 0 aliphatic heterocycles. The predicted molar refractivity (Wildman–Crippen MR) is 143 cm³/mol. The third-order valence-corrected chi connectivity index (χ3v) is 5.52. The van der Waals surface area contributed by atoms with Gasteiger partial charge in [0.05, 0.1) is 32.1 Å². The molecule has 0 fully saturated rings. The number of aliphatic hydroxyl groups is 4. The molecule has 1 heterocycles. The number of aromatic hydroxyl groups is 1. The fourth-order valence-electron chi connectivity index (χ4n) is 3.73. The maximum Gasteiger partial charge on any atom is 0.168 e. The van der Waals surface area contributed by atoms with Gasteiger partial charge in [0, 0.05) is 55.0 Å². The molecule has 1 aromatic heterocycles. The Hall–Kier alpha value is -3.77. The van der Waals surface area contributed by atoms with Crippen molar-refractivity contribution in [1.82, 2.24) is 4.98 Å². The van der Waals surface area contributed by atoms with E-state index in [9.17, 15) is 25.5 Å². The van der Waals surface area contributed by atoms with Gasteiger partial charge >= 0.3 is 0 Å². The maximum atomic E-state index is 10.1.